The minimum atomic E-state index is 0.00352. The van der Waals surface area contributed by atoms with E-state index in [1.807, 2.05) is 35.2 Å². The third-order valence-corrected chi connectivity index (χ3v) is 5.05. The van der Waals surface area contributed by atoms with Crippen LogP contribution in [0.15, 0.2) is 40.8 Å². The van der Waals surface area contributed by atoms with Gasteiger partial charge in [-0.25, -0.2) is 0 Å². The van der Waals surface area contributed by atoms with Crippen LogP contribution in [0.2, 0.25) is 0 Å². The summed E-state index contributed by atoms with van der Waals surface area (Å²) in [7, 11) is 0. The van der Waals surface area contributed by atoms with E-state index in [-0.39, 0.29) is 11.9 Å². The first-order valence-corrected chi connectivity index (χ1v) is 9.42. The number of rotatable bonds is 3. The fraction of sp³-hybridized carbons (Fsp3) is 0.316. The Balaban J connectivity index is 1.52. The molecule has 2 aromatic rings. The number of carbonyl (C=O) groups is 1. The van der Waals surface area contributed by atoms with Crippen LogP contribution >= 0.6 is 22.6 Å². The van der Waals surface area contributed by atoms with Gasteiger partial charge in [0.2, 0.25) is 5.91 Å². The molecule has 0 radical (unpaired) electrons. The van der Waals surface area contributed by atoms with E-state index < -0.39 is 0 Å². The first-order valence-electron chi connectivity index (χ1n) is 8.34. The van der Waals surface area contributed by atoms with Crippen LogP contribution in [0.5, 0.6) is 11.5 Å². The quantitative estimate of drug-likeness (QED) is 0.523. The molecule has 2 aliphatic rings. The number of benzene rings is 1. The summed E-state index contributed by atoms with van der Waals surface area (Å²) in [5.74, 6) is 2.23. The van der Waals surface area contributed by atoms with Crippen molar-refractivity contribution in [1.82, 2.24) is 4.90 Å². The lowest BCUT2D eigenvalue weighted by molar-refractivity contribution is -0.126. The first-order chi connectivity index (χ1) is 12.2. The minimum Gasteiger partial charge on any atom is -0.486 e. The Morgan fingerprint density at radius 2 is 2.00 bits per heavy atom. The van der Waals surface area contributed by atoms with Crippen molar-refractivity contribution in [3.05, 3.63) is 51.5 Å². The highest BCUT2D eigenvalue weighted by molar-refractivity contribution is 14.1. The fourth-order valence-electron chi connectivity index (χ4n) is 3.31. The average molecular weight is 451 g/mol. The third-order valence-electron chi connectivity index (χ3n) is 4.47. The summed E-state index contributed by atoms with van der Waals surface area (Å²) < 4.78 is 17.5. The number of ether oxygens (including phenoxy) is 2. The number of hydrogen-bond acceptors (Lipinski definition) is 4. The second kappa shape index (κ2) is 7.11. The van der Waals surface area contributed by atoms with Crippen LogP contribution in [0.1, 0.15) is 30.2 Å². The molecule has 1 atom stereocenters. The van der Waals surface area contributed by atoms with Crippen LogP contribution in [0.4, 0.5) is 0 Å². The van der Waals surface area contributed by atoms with Crippen molar-refractivity contribution in [3.8, 4) is 11.5 Å². The van der Waals surface area contributed by atoms with E-state index in [9.17, 15) is 4.79 Å². The topological polar surface area (TPSA) is 51.9 Å². The highest BCUT2D eigenvalue weighted by Gasteiger charge is 2.29. The molecule has 3 heterocycles. The zero-order valence-electron chi connectivity index (χ0n) is 13.6. The van der Waals surface area contributed by atoms with Gasteiger partial charge in [-0.2, -0.15) is 0 Å². The maximum Gasteiger partial charge on any atom is 0.247 e. The molecule has 130 valence electrons. The van der Waals surface area contributed by atoms with Gasteiger partial charge < -0.3 is 18.8 Å². The largest absolute Gasteiger partial charge is 0.486 e. The second-order valence-corrected chi connectivity index (χ2v) is 7.13. The number of amides is 1. The molecule has 1 fully saturated rings. The van der Waals surface area contributed by atoms with E-state index in [1.54, 1.807) is 12.2 Å². The fourth-order valence-corrected chi connectivity index (χ4v) is 3.75. The van der Waals surface area contributed by atoms with Crippen molar-refractivity contribution in [1.29, 1.82) is 0 Å². The summed E-state index contributed by atoms with van der Waals surface area (Å²) in [5.41, 5.74) is 1.09. The summed E-state index contributed by atoms with van der Waals surface area (Å²) in [6.45, 7) is 1.91. The Kier molecular flexibility index (Phi) is 4.70. The predicted molar refractivity (Wildman–Crippen MR) is 102 cm³/mol. The van der Waals surface area contributed by atoms with Gasteiger partial charge in [0, 0.05) is 12.6 Å². The van der Waals surface area contributed by atoms with E-state index in [4.69, 9.17) is 13.9 Å². The lowest BCUT2D eigenvalue weighted by atomic mass is 10.0. The van der Waals surface area contributed by atoms with Gasteiger partial charge in [-0.1, -0.05) is 6.07 Å². The summed E-state index contributed by atoms with van der Waals surface area (Å²) in [6.07, 6.45) is 5.27. The summed E-state index contributed by atoms with van der Waals surface area (Å²) >= 11 is 2.11. The number of fused-ring (bicyclic) bond motifs is 1. The van der Waals surface area contributed by atoms with Crippen LogP contribution in [0, 0.1) is 3.77 Å². The van der Waals surface area contributed by atoms with Crippen molar-refractivity contribution in [3.63, 3.8) is 0 Å². The van der Waals surface area contributed by atoms with Crippen LogP contribution in [0.3, 0.4) is 0 Å². The molecule has 1 aromatic heterocycles. The molecule has 6 heteroatoms. The Morgan fingerprint density at radius 3 is 2.80 bits per heavy atom. The Morgan fingerprint density at radius 1 is 1.16 bits per heavy atom. The van der Waals surface area contributed by atoms with Gasteiger partial charge in [-0.3, -0.25) is 4.79 Å². The van der Waals surface area contributed by atoms with E-state index in [1.165, 1.54) is 0 Å². The SMILES string of the molecule is O=C(/C=C/c1ccc(I)o1)N1CCCC1c1ccc2c(c1)OCCO2. The smallest absolute Gasteiger partial charge is 0.247 e. The molecule has 4 rings (SSSR count). The van der Waals surface area contributed by atoms with Gasteiger partial charge in [0.15, 0.2) is 15.3 Å². The Hall–Kier alpha value is -1.96. The zero-order chi connectivity index (χ0) is 17.2. The Labute approximate surface area is 159 Å². The second-order valence-electron chi connectivity index (χ2n) is 6.07. The van der Waals surface area contributed by atoms with Crippen LogP contribution < -0.4 is 9.47 Å². The van der Waals surface area contributed by atoms with Crippen molar-refractivity contribution >= 4 is 34.6 Å². The molecular weight excluding hydrogens is 433 g/mol. The normalized spacial score (nSPS) is 19.6. The lowest BCUT2D eigenvalue weighted by Crippen LogP contribution is -2.29. The van der Waals surface area contributed by atoms with Crippen molar-refractivity contribution in [2.24, 2.45) is 0 Å². The summed E-state index contributed by atoms with van der Waals surface area (Å²) in [5, 5.41) is 0. The van der Waals surface area contributed by atoms with Crippen LogP contribution in [0.25, 0.3) is 6.08 Å². The highest BCUT2D eigenvalue weighted by atomic mass is 127. The summed E-state index contributed by atoms with van der Waals surface area (Å²) in [4.78, 5) is 14.6. The molecule has 0 N–H and O–H groups in total. The molecule has 1 unspecified atom stereocenters. The molecule has 0 bridgehead atoms. The van der Waals surface area contributed by atoms with Crippen molar-refractivity contribution < 1.29 is 18.7 Å². The minimum absolute atomic E-state index is 0.00352. The number of halogens is 1. The van der Waals surface area contributed by atoms with E-state index in [0.29, 0.717) is 19.0 Å². The molecule has 0 saturated carbocycles. The van der Waals surface area contributed by atoms with Crippen LogP contribution in [-0.2, 0) is 4.79 Å². The molecule has 1 saturated heterocycles. The highest BCUT2D eigenvalue weighted by Crippen LogP contribution is 2.38. The van der Waals surface area contributed by atoms with Crippen molar-refractivity contribution in [2.45, 2.75) is 18.9 Å². The molecule has 5 nitrogen and oxygen atoms in total. The lowest BCUT2D eigenvalue weighted by Gasteiger charge is -2.26. The van der Waals surface area contributed by atoms with Gasteiger partial charge in [-0.15, -0.1) is 0 Å². The van der Waals surface area contributed by atoms with Gasteiger partial charge in [0.05, 0.1) is 6.04 Å². The van der Waals surface area contributed by atoms with E-state index in [2.05, 4.69) is 22.6 Å². The molecule has 0 aliphatic carbocycles. The predicted octanol–water partition coefficient (Wildman–Crippen LogP) is 4.03. The molecular formula is C19H18INO4. The van der Waals surface area contributed by atoms with Gasteiger partial charge in [0.1, 0.15) is 19.0 Å². The third kappa shape index (κ3) is 3.53. The number of furan rings is 1. The first kappa shape index (κ1) is 16.5. The monoisotopic (exact) mass is 451 g/mol. The number of likely N-dealkylation sites (tertiary alicyclic amines) is 1. The molecule has 2 aliphatic heterocycles. The molecule has 1 amide bonds. The summed E-state index contributed by atoms with van der Waals surface area (Å²) in [6, 6.07) is 9.77. The van der Waals surface area contributed by atoms with Crippen molar-refractivity contribution in [2.75, 3.05) is 19.8 Å². The van der Waals surface area contributed by atoms with E-state index in [0.717, 1.165) is 40.2 Å². The number of hydrogen-bond donors (Lipinski definition) is 0. The average Bonchev–Trinajstić information content (AvgIpc) is 3.28. The molecule has 1 aromatic carbocycles. The number of nitrogens with zero attached hydrogens (tertiary/aromatic N) is 1. The van der Waals surface area contributed by atoms with E-state index >= 15 is 0 Å². The number of carbonyl (C=O) groups excluding carboxylic acids is 1. The van der Waals surface area contributed by atoms with Gasteiger partial charge in [0.25, 0.3) is 0 Å². The molecule has 0 spiro atoms. The Bertz CT molecular complexity index is 814. The maximum absolute atomic E-state index is 12.6. The van der Waals surface area contributed by atoms with Gasteiger partial charge in [-0.05, 0) is 71.3 Å². The van der Waals surface area contributed by atoms with Crippen LogP contribution in [-0.4, -0.2) is 30.6 Å². The van der Waals surface area contributed by atoms with Gasteiger partial charge >= 0.3 is 0 Å². The molecule has 25 heavy (non-hydrogen) atoms. The zero-order valence-corrected chi connectivity index (χ0v) is 15.8. The standard InChI is InChI=1S/C19H18INO4/c20-18-7-4-14(25-18)5-8-19(22)21-9-1-2-15(21)13-3-6-16-17(12-13)24-11-10-23-16/h3-8,12,15H,1-2,9-11H2/b8-5+. The maximum atomic E-state index is 12.6.